The summed E-state index contributed by atoms with van der Waals surface area (Å²) in [4.78, 5) is 15.9. The van der Waals surface area contributed by atoms with Crippen molar-refractivity contribution in [2.75, 3.05) is 18.9 Å². The first-order valence-corrected chi connectivity index (χ1v) is 5.68. The molecule has 2 rings (SSSR count). The van der Waals surface area contributed by atoms with E-state index in [0.29, 0.717) is 16.6 Å². The average Bonchev–Trinajstić information content (AvgIpc) is 2.84. The molecular formula is C9H13N3O2S. The quantitative estimate of drug-likeness (QED) is 0.794. The first kappa shape index (κ1) is 10.4. The van der Waals surface area contributed by atoms with Gasteiger partial charge >= 0.3 is 0 Å². The number of thiazole rings is 1. The minimum atomic E-state index is -0.125. The van der Waals surface area contributed by atoms with Crippen LogP contribution in [0.25, 0.3) is 0 Å². The highest BCUT2D eigenvalue weighted by molar-refractivity contribution is 7.17. The van der Waals surface area contributed by atoms with Crippen LogP contribution in [-0.2, 0) is 4.74 Å². The molecule has 1 atom stereocenters. The number of hydrogen-bond acceptors (Lipinski definition) is 5. The summed E-state index contributed by atoms with van der Waals surface area (Å²) >= 11 is 1.19. The van der Waals surface area contributed by atoms with Crippen LogP contribution in [0, 0.1) is 0 Å². The normalized spacial score (nSPS) is 20.4. The highest BCUT2D eigenvalue weighted by Gasteiger charge is 2.17. The number of aromatic nitrogens is 1. The summed E-state index contributed by atoms with van der Waals surface area (Å²) in [6, 6.07) is 0. The third-order valence-corrected chi connectivity index (χ3v) is 3.09. The summed E-state index contributed by atoms with van der Waals surface area (Å²) in [5.74, 6) is -0.125. The molecule has 0 spiro atoms. The number of nitrogens with one attached hydrogen (secondary N) is 1. The maximum atomic E-state index is 11.6. The van der Waals surface area contributed by atoms with Crippen molar-refractivity contribution < 1.29 is 9.53 Å². The van der Waals surface area contributed by atoms with Crippen LogP contribution >= 0.6 is 11.3 Å². The Morgan fingerprint density at radius 3 is 3.27 bits per heavy atom. The molecule has 1 aliphatic rings. The van der Waals surface area contributed by atoms with Gasteiger partial charge < -0.3 is 15.8 Å². The van der Waals surface area contributed by atoms with Gasteiger partial charge in [-0.2, -0.15) is 0 Å². The van der Waals surface area contributed by atoms with E-state index in [2.05, 4.69) is 10.3 Å². The molecule has 0 aromatic carbocycles. The Bertz CT molecular complexity index is 347. The Morgan fingerprint density at radius 1 is 1.80 bits per heavy atom. The zero-order valence-electron chi connectivity index (χ0n) is 8.23. The molecule has 0 radical (unpaired) electrons. The highest BCUT2D eigenvalue weighted by atomic mass is 32.1. The zero-order chi connectivity index (χ0) is 10.7. The molecule has 6 heteroatoms. The lowest BCUT2D eigenvalue weighted by atomic mass is 10.2. The fourth-order valence-electron chi connectivity index (χ4n) is 1.49. The summed E-state index contributed by atoms with van der Waals surface area (Å²) in [7, 11) is 0. The van der Waals surface area contributed by atoms with Crippen LogP contribution in [0.1, 0.15) is 22.5 Å². The van der Waals surface area contributed by atoms with Gasteiger partial charge in [0.1, 0.15) is 4.88 Å². The van der Waals surface area contributed by atoms with Crippen LogP contribution in [0.2, 0.25) is 0 Å². The lowest BCUT2D eigenvalue weighted by molar-refractivity contribution is 0.0861. The lowest BCUT2D eigenvalue weighted by Gasteiger charge is -2.09. The summed E-state index contributed by atoms with van der Waals surface area (Å²) in [6.07, 6.45) is 3.75. The van der Waals surface area contributed by atoms with Gasteiger partial charge in [0.25, 0.3) is 5.91 Å². The first-order chi connectivity index (χ1) is 7.25. The molecule has 82 valence electrons. The average molecular weight is 227 g/mol. The van der Waals surface area contributed by atoms with E-state index in [-0.39, 0.29) is 12.0 Å². The predicted octanol–water partition coefficient (Wildman–Crippen LogP) is 0.634. The van der Waals surface area contributed by atoms with E-state index in [4.69, 9.17) is 10.5 Å². The number of nitrogens with zero attached hydrogens (tertiary/aromatic N) is 1. The fraction of sp³-hybridized carbons (Fsp3) is 0.556. The van der Waals surface area contributed by atoms with Gasteiger partial charge in [0.15, 0.2) is 5.13 Å². The van der Waals surface area contributed by atoms with Gasteiger partial charge in [-0.05, 0) is 12.8 Å². The van der Waals surface area contributed by atoms with E-state index >= 15 is 0 Å². The molecule has 0 aliphatic carbocycles. The molecule has 15 heavy (non-hydrogen) atoms. The fourth-order valence-corrected chi connectivity index (χ4v) is 2.09. The number of carbonyl (C=O) groups excluding carboxylic acids is 1. The van der Waals surface area contributed by atoms with Gasteiger partial charge in [0, 0.05) is 13.2 Å². The van der Waals surface area contributed by atoms with Crippen LogP contribution in [0.15, 0.2) is 6.20 Å². The number of anilines is 1. The summed E-state index contributed by atoms with van der Waals surface area (Å²) in [6.45, 7) is 1.37. The van der Waals surface area contributed by atoms with E-state index in [0.717, 1.165) is 19.4 Å². The number of nitrogens with two attached hydrogens (primary N) is 1. The number of hydrogen-bond donors (Lipinski definition) is 2. The molecule has 1 amide bonds. The van der Waals surface area contributed by atoms with Crippen molar-refractivity contribution in [3.8, 4) is 0 Å². The minimum absolute atomic E-state index is 0.125. The molecule has 1 unspecified atom stereocenters. The standard InChI is InChI=1S/C9H13N3O2S/c10-9-12-5-7(15-9)8(13)11-4-6-2-1-3-14-6/h5-6H,1-4H2,(H2,10,12)(H,11,13). The third-order valence-electron chi connectivity index (χ3n) is 2.26. The van der Waals surface area contributed by atoms with E-state index in [1.807, 2.05) is 0 Å². The first-order valence-electron chi connectivity index (χ1n) is 4.87. The van der Waals surface area contributed by atoms with Crippen LogP contribution in [0.3, 0.4) is 0 Å². The van der Waals surface area contributed by atoms with Gasteiger partial charge in [-0.25, -0.2) is 4.98 Å². The number of nitrogen functional groups attached to an aromatic ring is 1. The van der Waals surface area contributed by atoms with Gasteiger partial charge in [-0.15, -0.1) is 0 Å². The van der Waals surface area contributed by atoms with Crippen LogP contribution in [0.5, 0.6) is 0 Å². The number of ether oxygens (including phenoxy) is 1. The smallest absolute Gasteiger partial charge is 0.263 e. The van der Waals surface area contributed by atoms with Crippen molar-refractivity contribution in [2.24, 2.45) is 0 Å². The zero-order valence-corrected chi connectivity index (χ0v) is 9.05. The number of rotatable bonds is 3. The molecule has 1 saturated heterocycles. The number of amides is 1. The Hall–Kier alpha value is -1.14. The second-order valence-electron chi connectivity index (χ2n) is 3.41. The van der Waals surface area contributed by atoms with E-state index in [1.54, 1.807) is 0 Å². The molecule has 3 N–H and O–H groups in total. The van der Waals surface area contributed by atoms with Crippen molar-refractivity contribution in [1.29, 1.82) is 0 Å². The van der Waals surface area contributed by atoms with E-state index in [1.165, 1.54) is 17.5 Å². The Labute approximate surface area is 91.6 Å². The van der Waals surface area contributed by atoms with Gasteiger partial charge in [-0.3, -0.25) is 4.79 Å². The molecule has 0 bridgehead atoms. The highest BCUT2D eigenvalue weighted by Crippen LogP contribution is 2.14. The van der Waals surface area contributed by atoms with Crippen molar-refractivity contribution >= 4 is 22.4 Å². The van der Waals surface area contributed by atoms with Crippen molar-refractivity contribution in [3.05, 3.63) is 11.1 Å². The van der Waals surface area contributed by atoms with Crippen molar-refractivity contribution in [1.82, 2.24) is 10.3 Å². The molecule has 5 nitrogen and oxygen atoms in total. The molecule has 1 aromatic rings. The molecule has 1 aliphatic heterocycles. The van der Waals surface area contributed by atoms with E-state index in [9.17, 15) is 4.79 Å². The molecule has 0 saturated carbocycles. The van der Waals surface area contributed by atoms with Crippen molar-refractivity contribution in [3.63, 3.8) is 0 Å². The molecule has 1 aromatic heterocycles. The summed E-state index contributed by atoms with van der Waals surface area (Å²) < 4.78 is 5.39. The Kier molecular flexibility index (Phi) is 3.17. The molecular weight excluding hydrogens is 214 g/mol. The minimum Gasteiger partial charge on any atom is -0.376 e. The third kappa shape index (κ3) is 2.66. The molecule has 1 fully saturated rings. The van der Waals surface area contributed by atoms with Gasteiger partial charge in [0.2, 0.25) is 0 Å². The second-order valence-corrected chi connectivity index (χ2v) is 4.47. The Balaban J connectivity index is 1.81. The van der Waals surface area contributed by atoms with Crippen LogP contribution in [0.4, 0.5) is 5.13 Å². The SMILES string of the molecule is Nc1ncc(C(=O)NCC2CCCO2)s1. The van der Waals surface area contributed by atoms with Crippen LogP contribution in [-0.4, -0.2) is 30.1 Å². The lowest BCUT2D eigenvalue weighted by Crippen LogP contribution is -2.31. The number of carbonyl (C=O) groups is 1. The predicted molar refractivity (Wildman–Crippen MR) is 57.8 cm³/mol. The summed E-state index contributed by atoms with van der Waals surface area (Å²) in [5, 5.41) is 3.22. The van der Waals surface area contributed by atoms with Gasteiger partial charge in [-0.1, -0.05) is 11.3 Å². The topological polar surface area (TPSA) is 77.2 Å². The summed E-state index contributed by atoms with van der Waals surface area (Å²) in [5.41, 5.74) is 5.44. The maximum Gasteiger partial charge on any atom is 0.263 e. The van der Waals surface area contributed by atoms with Crippen molar-refractivity contribution in [2.45, 2.75) is 18.9 Å². The maximum absolute atomic E-state index is 11.6. The molecule has 2 heterocycles. The largest absolute Gasteiger partial charge is 0.376 e. The monoisotopic (exact) mass is 227 g/mol. The Morgan fingerprint density at radius 2 is 2.67 bits per heavy atom. The van der Waals surface area contributed by atoms with E-state index < -0.39 is 0 Å². The second kappa shape index (κ2) is 4.59. The van der Waals surface area contributed by atoms with Crippen LogP contribution < -0.4 is 11.1 Å². The van der Waals surface area contributed by atoms with Gasteiger partial charge in [0.05, 0.1) is 12.3 Å².